The molecule has 1 N–H and O–H groups in total. The maximum atomic E-state index is 15.6. The van der Waals surface area contributed by atoms with Gasteiger partial charge in [0.25, 0.3) is 11.8 Å². The molecule has 0 saturated carbocycles. The van der Waals surface area contributed by atoms with Crippen LogP contribution in [0.2, 0.25) is 0 Å². The Balaban J connectivity index is 1.27. The second-order valence-electron chi connectivity index (χ2n) is 9.98. The van der Waals surface area contributed by atoms with Crippen molar-refractivity contribution in [2.75, 3.05) is 36.4 Å². The number of aryl methyl sites for hydroxylation is 2. The molecule has 2 amide bonds. The molecule has 5 rings (SSSR count). The zero-order valence-electron chi connectivity index (χ0n) is 21.5. The Bertz CT molecular complexity index is 1400. The number of anilines is 2. The van der Waals surface area contributed by atoms with E-state index in [9.17, 15) is 9.59 Å². The van der Waals surface area contributed by atoms with Crippen LogP contribution in [0.25, 0.3) is 0 Å². The number of nitriles is 1. The molecule has 2 aliphatic rings. The Labute approximate surface area is 221 Å². The van der Waals surface area contributed by atoms with Crippen LogP contribution in [0.15, 0.2) is 48.8 Å². The molecular formula is C29H29FN6O2. The average Bonchev–Trinajstić information content (AvgIpc) is 2.89. The fourth-order valence-corrected chi connectivity index (χ4v) is 4.88. The minimum absolute atomic E-state index is 0.118. The highest BCUT2D eigenvalue weighted by atomic mass is 19.1. The van der Waals surface area contributed by atoms with Crippen molar-refractivity contribution < 1.29 is 14.0 Å². The number of alkyl halides is 1. The molecule has 2 aliphatic heterocycles. The molecule has 0 aliphatic carbocycles. The van der Waals surface area contributed by atoms with Crippen molar-refractivity contribution >= 4 is 23.3 Å². The van der Waals surface area contributed by atoms with Gasteiger partial charge in [0.2, 0.25) is 0 Å². The van der Waals surface area contributed by atoms with Crippen LogP contribution in [-0.4, -0.2) is 52.9 Å². The van der Waals surface area contributed by atoms with Gasteiger partial charge in [-0.3, -0.25) is 14.6 Å². The van der Waals surface area contributed by atoms with E-state index in [2.05, 4.69) is 20.2 Å². The van der Waals surface area contributed by atoms with Crippen LogP contribution in [-0.2, 0) is 5.67 Å². The first-order chi connectivity index (χ1) is 18.3. The summed E-state index contributed by atoms with van der Waals surface area (Å²) in [6.07, 6.45) is 4.33. The minimum Gasteiger partial charge on any atom is -0.356 e. The van der Waals surface area contributed by atoms with Crippen molar-refractivity contribution in [3.8, 4) is 6.07 Å². The van der Waals surface area contributed by atoms with Crippen LogP contribution in [0.1, 0.15) is 62.4 Å². The van der Waals surface area contributed by atoms with Crippen LogP contribution in [0, 0.1) is 25.2 Å². The van der Waals surface area contributed by atoms with Gasteiger partial charge >= 0.3 is 0 Å². The molecule has 194 valence electrons. The lowest BCUT2D eigenvalue weighted by atomic mass is 9.89. The van der Waals surface area contributed by atoms with Crippen molar-refractivity contribution in [3.63, 3.8) is 0 Å². The number of pyridine rings is 2. The molecule has 4 heterocycles. The molecule has 2 saturated heterocycles. The lowest BCUT2D eigenvalue weighted by Crippen LogP contribution is -2.43. The molecule has 8 nitrogen and oxygen atoms in total. The summed E-state index contributed by atoms with van der Waals surface area (Å²) in [5, 5.41) is 11.9. The van der Waals surface area contributed by atoms with Gasteiger partial charge in [-0.05, 0) is 61.7 Å². The molecule has 0 atom stereocenters. The number of carbonyl (C=O) groups excluding carboxylic acids is 2. The fraction of sp³-hybridized carbons (Fsp3) is 0.345. The van der Waals surface area contributed by atoms with Crippen LogP contribution in [0.4, 0.5) is 15.9 Å². The molecule has 0 bridgehead atoms. The molecule has 0 unspecified atom stereocenters. The molecule has 0 radical (unpaired) electrons. The third kappa shape index (κ3) is 4.94. The second kappa shape index (κ2) is 10.2. The third-order valence-corrected chi connectivity index (χ3v) is 7.43. The Kier molecular flexibility index (Phi) is 6.81. The summed E-state index contributed by atoms with van der Waals surface area (Å²) < 4.78 is 15.6. The summed E-state index contributed by atoms with van der Waals surface area (Å²) in [4.78, 5) is 38.7. The zero-order chi connectivity index (χ0) is 26.9. The highest BCUT2D eigenvalue weighted by molar-refractivity contribution is 6.05. The summed E-state index contributed by atoms with van der Waals surface area (Å²) in [6, 6.07) is 12.3. The zero-order valence-corrected chi connectivity index (χ0v) is 21.5. The molecule has 0 spiro atoms. The molecular weight excluding hydrogens is 483 g/mol. The van der Waals surface area contributed by atoms with Gasteiger partial charge < -0.3 is 15.1 Å². The maximum Gasteiger partial charge on any atom is 0.257 e. The summed E-state index contributed by atoms with van der Waals surface area (Å²) in [5.41, 5.74) is 2.10. The van der Waals surface area contributed by atoms with E-state index >= 15 is 4.39 Å². The van der Waals surface area contributed by atoms with Gasteiger partial charge in [-0.2, -0.15) is 5.26 Å². The number of amides is 2. The van der Waals surface area contributed by atoms with Crippen LogP contribution < -0.4 is 10.2 Å². The first-order valence-corrected chi connectivity index (χ1v) is 12.8. The summed E-state index contributed by atoms with van der Waals surface area (Å²) in [5.74, 6) is 0.363. The predicted octanol–water partition coefficient (Wildman–Crippen LogP) is 4.53. The number of nitrogens with one attached hydrogen (secondary N) is 1. The lowest BCUT2D eigenvalue weighted by Gasteiger charge is -2.36. The first kappa shape index (κ1) is 25.3. The van der Waals surface area contributed by atoms with E-state index < -0.39 is 5.67 Å². The number of likely N-dealkylation sites (tertiary alicyclic amines) is 1. The second-order valence-corrected chi connectivity index (χ2v) is 9.98. The number of rotatable bonds is 5. The van der Waals surface area contributed by atoms with E-state index in [1.54, 1.807) is 35.4 Å². The van der Waals surface area contributed by atoms with Gasteiger partial charge in [-0.15, -0.1) is 0 Å². The smallest absolute Gasteiger partial charge is 0.257 e. The molecule has 2 fully saturated rings. The minimum atomic E-state index is -1.65. The van der Waals surface area contributed by atoms with Gasteiger partial charge in [0.15, 0.2) is 5.67 Å². The normalized spacial score (nSPS) is 16.4. The van der Waals surface area contributed by atoms with Gasteiger partial charge in [0.1, 0.15) is 11.9 Å². The van der Waals surface area contributed by atoms with E-state index in [0.29, 0.717) is 22.4 Å². The van der Waals surface area contributed by atoms with E-state index in [1.807, 2.05) is 32.0 Å². The van der Waals surface area contributed by atoms with E-state index in [1.165, 1.54) is 6.20 Å². The van der Waals surface area contributed by atoms with Gasteiger partial charge in [0.05, 0.1) is 16.8 Å². The standard InChI is InChI=1S/C29H29FN6O2/c1-19-14-20(2)24(34-27(37)22-5-7-26(33-18-22)35-10-3-11-35)15-23(19)28(38)36-12-8-29(30,9-13-36)25-6-4-21(16-31)17-32-25/h4-7,14-15,17-18H,3,8-13H2,1-2H3,(H,34,37). The molecule has 9 heteroatoms. The molecule has 38 heavy (non-hydrogen) atoms. The van der Waals surface area contributed by atoms with Crippen molar-refractivity contribution in [3.05, 3.63) is 82.3 Å². The number of piperidine rings is 1. The molecule has 2 aromatic heterocycles. The van der Waals surface area contributed by atoms with Gasteiger partial charge in [-0.25, -0.2) is 9.37 Å². The number of hydrogen-bond acceptors (Lipinski definition) is 6. The maximum absolute atomic E-state index is 15.6. The van der Waals surface area contributed by atoms with Crippen LogP contribution in [0.5, 0.6) is 0 Å². The average molecular weight is 513 g/mol. The third-order valence-electron chi connectivity index (χ3n) is 7.43. The number of halogens is 1. The number of nitrogens with zero attached hydrogens (tertiary/aromatic N) is 5. The SMILES string of the molecule is Cc1cc(C)c(C(=O)N2CCC(F)(c3ccc(C#N)cn3)CC2)cc1NC(=O)c1ccc(N2CCC2)nc1. The van der Waals surface area contributed by atoms with Crippen molar-refractivity contribution in [1.82, 2.24) is 14.9 Å². The van der Waals surface area contributed by atoms with E-state index in [4.69, 9.17) is 5.26 Å². The van der Waals surface area contributed by atoms with Gasteiger partial charge in [0, 0.05) is 62.7 Å². The molecule has 3 aromatic rings. The summed E-state index contributed by atoms with van der Waals surface area (Å²) >= 11 is 0. The lowest BCUT2D eigenvalue weighted by molar-refractivity contribution is 0.0402. The van der Waals surface area contributed by atoms with Crippen LogP contribution >= 0.6 is 0 Å². The quantitative estimate of drug-likeness (QED) is 0.539. The highest BCUT2D eigenvalue weighted by Crippen LogP contribution is 2.36. The number of benzene rings is 1. The highest BCUT2D eigenvalue weighted by Gasteiger charge is 2.39. The Morgan fingerprint density at radius 3 is 2.34 bits per heavy atom. The van der Waals surface area contributed by atoms with Crippen LogP contribution in [0.3, 0.4) is 0 Å². The predicted molar refractivity (Wildman–Crippen MR) is 142 cm³/mol. The van der Waals surface area contributed by atoms with E-state index in [0.717, 1.165) is 36.5 Å². The Morgan fingerprint density at radius 1 is 1.00 bits per heavy atom. The summed E-state index contributed by atoms with van der Waals surface area (Å²) in [7, 11) is 0. The van der Waals surface area contributed by atoms with Gasteiger partial charge in [-0.1, -0.05) is 6.07 Å². The Morgan fingerprint density at radius 2 is 1.76 bits per heavy atom. The molecule has 1 aromatic carbocycles. The van der Waals surface area contributed by atoms with Crippen molar-refractivity contribution in [2.24, 2.45) is 0 Å². The number of carbonyl (C=O) groups is 2. The topological polar surface area (TPSA) is 102 Å². The Hall–Kier alpha value is -4.32. The van der Waals surface area contributed by atoms with E-state index in [-0.39, 0.29) is 43.4 Å². The number of hydrogen-bond donors (Lipinski definition) is 1. The van der Waals surface area contributed by atoms with Crippen molar-refractivity contribution in [1.29, 1.82) is 5.26 Å². The van der Waals surface area contributed by atoms with Crippen molar-refractivity contribution in [2.45, 2.75) is 38.8 Å². The largest absolute Gasteiger partial charge is 0.356 e. The number of aromatic nitrogens is 2. The first-order valence-electron chi connectivity index (χ1n) is 12.8. The fourth-order valence-electron chi connectivity index (χ4n) is 4.88. The monoisotopic (exact) mass is 512 g/mol. The summed E-state index contributed by atoms with van der Waals surface area (Å²) in [6.45, 7) is 6.17.